The normalized spacial score (nSPS) is 5.00. The Morgan fingerprint density at radius 1 is 1.80 bits per heavy atom. The average molecular weight is 288 g/mol. The zero-order valence-corrected chi connectivity index (χ0v) is 6.23. The molecule has 0 unspecified atom stereocenters. The minimum atomic E-state index is 0. The fraction of sp³-hybridized carbons (Fsp3) is 0. The molecule has 0 spiro atoms. The molecule has 5 heavy (non-hydrogen) atoms. The molecule has 0 saturated heterocycles. The molecule has 0 aliphatic heterocycles. The van der Waals surface area contributed by atoms with Gasteiger partial charge in [-0.05, 0) is 0 Å². The molecule has 0 bridgehead atoms. The zero-order valence-electron chi connectivity index (χ0n) is 2.25. The summed E-state index contributed by atoms with van der Waals surface area (Å²) in [6.07, 6.45) is 0. The zero-order chi connectivity index (χ0) is 3.58. The first-order valence-electron chi connectivity index (χ1n) is 0.716. The van der Waals surface area contributed by atoms with Crippen LogP contribution in [0.4, 0.5) is 0 Å². The molecule has 0 amide bonds. The van der Waals surface area contributed by atoms with Crippen LogP contribution in [-0.4, -0.2) is 4.32 Å². The molecular weight excluding hydrogens is 285 g/mol. The summed E-state index contributed by atoms with van der Waals surface area (Å²) in [5.74, 6) is 0. The van der Waals surface area contributed by atoms with Crippen LogP contribution in [0.5, 0.6) is 0 Å². The molecule has 0 atom stereocenters. The van der Waals surface area contributed by atoms with E-state index >= 15 is 0 Å². The van der Waals surface area contributed by atoms with Gasteiger partial charge in [0.1, 0.15) is 4.32 Å². The van der Waals surface area contributed by atoms with Gasteiger partial charge >= 0.3 is 0 Å². The Kier molecular flexibility index (Phi) is 9.20. The van der Waals surface area contributed by atoms with Crippen LogP contribution < -0.4 is 5.73 Å². The third kappa shape index (κ3) is 49.0. The molecule has 0 fully saturated rings. The van der Waals surface area contributed by atoms with E-state index in [1.807, 2.05) is 0 Å². The standard InChI is InChI=1S/CH3NS2.Pt/c2-1(3)4;/h(H3,2,3,4);. The largest absolute Gasteiger partial charge is 0.385 e. The second kappa shape index (κ2) is 4.93. The van der Waals surface area contributed by atoms with E-state index in [0.29, 0.717) is 0 Å². The van der Waals surface area contributed by atoms with Crippen molar-refractivity contribution in [2.45, 2.75) is 0 Å². The second-order valence-electron chi connectivity index (χ2n) is 0.338. The van der Waals surface area contributed by atoms with Gasteiger partial charge in [-0.3, -0.25) is 0 Å². The smallest absolute Gasteiger partial charge is 0.128 e. The van der Waals surface area contributed by atoms with Crippen LogP contribution in [0.15, 0.2) is 0 Å². The van der Waals surface area contributed by atoms with Gasteiger partial charge in [0.15, 0.2) is 0 Å². The van der Waals surface area contributed by atoms with Crippen molar-refractivity contribution in [3.8, 4) is 0 Å². The predicted molar refractivity (Wildman–Crippen MR) is 25.8 cm³/mol. The Labute approximate surface area is 56.0 Å². The summed E-state index contributed by atoms with van der Waals surface area (Å²) < 4.78 is 0.194. The fourth-order valence-corrected chi connectivity index (χ4v) is 0. The van der Waals surface area contributed by atoms with Crippen molar-refractivity contribution in [1.29, 1.82) is 0 Å². The van der Waals surface area contributed by atoms with Crippen LogP contribution in [0, 0.1) is 0 Å². The van der Waals surface area contributed by atoms with Crippen LogP contribution in [0.1, 0.15) is 0 Å². The third-order valence-corrected chi connectivity index (χ3v) is 0. The number of hydrogen-bond donors (Lipinski definition) is 2. The van der Waals surface area contributed by atoms with E-state index in [2.05, 4.69) is 24.8 Å². The molecule has 0 aromatic heterocycles. The Balaban J connectivity index is 0. The van der Waals surface area contributed by atoms with Gasteiger partial charge in [-0.2, -0.15) is 0 Å². The van der Waals surface area contributed by atoms with Gasteiger partial charge in [0.2, 0.25) is 0 Å². The van der Waals surface area contributed by atoms with Crippen molar-refractivity contribution in [3.63, 3.8) is 0 Å². The summed E-state index contributed by atoms with van der Waals surface area (Å²) in [7, 11) is 0. The number of hydrogen-bond acceptors (Lipinski definition) is 1. The van der Waals surface area contributed by atoms with Crippen molar-refractivity contribution < 1.29 is 21.1 Å². The molecule has 0 aliphatic rings. The summed E-state index contributed by atoms with van der Waals surface area (Å²) in [6.45, 7) is 0. The van der Waals surface area contributed by atoms with Crippen LogP contribution in [0.25, 0.3) is 0 Å². The molecule has 0 saturated carbocycles. The van der Waals surface area contributed by atoms with Crippen LogP contribution in [0.2, 0.25) is 0 Å². The van der Waals surface area contributed by atoms with E-state index in [9.17, 15) is 0 Å². The Morgan fingerprint density at radius 2 is 1.80 bits per heavy atom. The van der Waals surface area contributed by atoms with Crippen LogP contribution in [0.3, 0.4) is 0 Å². The van der Waals surface area contributed by atoms with Gasteiger partial charge in [0.05, 0.1) is 0 Å². The van der Waals surface area contributed by atoms with Crippen molar-refractivity contribution in [2.24, 2.45) is 5.73 Å². The quantitative estimate of drug-likeness (QED) is 0.490. The first-order valence-corrected chi connectivity index (χ1v) is 1.57. The first kappa shape index (κ1) is 9.33. The molecule has 0 radical (unpaired) electrons. The molecule has 0 aromatic rings. The molecule has 4 heteroatoms. The van der Waals surface area contributed by atoms with Crippen molar-refractivity contribution in [2.75, 3.05) is 0 Å². The Morgan fingerprint density at radius 3 is 1.80 bits per heavy atom. The number of thiocarbonyl (C=S) groups is 1. The summed E-state index contributed by atoms with van der Waals surface area (Å²) in [4.78, 5) is 0. The molecule has 1 nitrogen and oxygen atoms in total. The predicted octanol–water partition coefficient (Wildman–Crippen LogP) is 0.157. The third-order valence-electron chi connectivity index (χ3n) is 0. The van der Waals surface area contributed by atoms with Crippen molar-refractivity contribution >= 4 is 29.2 Å². The second-order valence-corrected chi connectivity index (χ2v) is 1.56. The van der Waals surface area contributed by atoms with E-state index in [0.717, 1.165) is 0 Å². The monoisotopic (exact) mass is 288 g/mol. The molecule has 34 valence electrons. The Bertz CT molecular complexity index is 32.6. The molecule has 0 aromatic carbocycles. The van der Waals surface area contributed by atoms with E-state index in [1.165, 1.54) is 0 Å². The van der Waals surface area contributed by atoms with Gasteiger partial charge in [-0.15, -0.1) is 12.6 Å². The van der Waals surface area contributed by atoms with Gasteiger partial charge in [0, 0.05) is 21.1 Å². The number of thiol groups is 1. The van der Waals surface area contributed by atoms with Crippen LogP contribution in [-0.2, 0) is 21.1 Å². The molecule has 2 N–H and O–H groups in total. The minimum Gasteiger partial charge on any atom is -0.385 e. The summed E-state index contributed by atoms with van der Waals surface area (Å²) in [5.41, 5.74) is 4.71. The molecular formula is CH3NPtS2. The van der Waals surface area contributed by atoms with Gasteiger partial charge in [-0.1, -0.05) is 12.2 Å². The summed E-state index contributed by atoms with van der Waals surface area (Å²) in [5, 5.41) is 0. The Hall–Kier alpha value is 0.928. The number of nitrogens with two attached hydrogens (primary N) is 1. The topological polar surface area (TPSA) is 26.0 Å². The molecule has 0 rings (SSSR count). The number of rotatable bonds is 0. The van der Waals surface area contributed by atoms with Crippen LogP contribution >= 0.6 is 24.8 Å². The first-order chi connectivity index (χ1) is 1.73. The molecule has 0 aliphatic carbocycles. The van der Waals surface area contributed by atoms with E-state index in [-0.39, 0.29) is 25.4 Å². The van der Waals surface area contributed by atoms with E-state index in [1.54, 1.807) is 0 Å². The van der Waals surface area contributed by atoms with E-state index < -0.39 is 0 Å². The van der Waals surface area contributed by atoms with E-state index in [4.69, 9.17) is 5.73 Å². The average Bonchev–Trinajstić information content (AvgIpc) is 0.811. The maximum atomic E-state index is 4.71. The summed E-state index contributed by atoms with van der Waals surface area (Å²) >= 11 is 7.65. The summed E-state index contributed by atoms with van der Waals surface area (Å²) in [6, 6.07) is 0. The minimum absolute atomic E-state index is 0. The SMILES string of the molecule is NC(=S)S.[Pt]. The maximum Gasteiger partial charge on any atom is 0.128 e. The van der Waals surface area contributed by atoms with Crippen molar-refractivity contribution in [3.05, 3.63) is 0 Å². The van der Waals surface area contributed by atoms with Gasteiger partial charge in [-0.25, -0.2) is 0 Å². The van der Waals surface area contributed by atoms with Gasteiger partial charge < -0.3 is 5.73 Å². The maximum absolute atomic E-state index is 4.71. The van der Waals surface area contributed by atoms with Crippen molar-refractivity contribution in [1.82, 2.24) is 0 Å². The fourth-order valence-electron chi connectivity index (χ4n) is 0. The molecule has 0 heterocycles. The van der Waals surface area contributed by atoms with Gasteiger partial charge in [0.25, 0.3) is 0 Å².